The van der Waals surface area contributed by atoms with Gasteiger partial charge in [0, 0.05) is 0 Å². The van der Waals surface area contributed by atoms with Crippen molar-refractivity contribution < 1.29 is 24.2 Å². The number of nitrogens with zero attached hydrogens (tertiary/aromatic N) is 1. The second-order valence-electron chi connectivity index (χ2n) is 6.31. The molecule has 0 atom stereocenters. The molecule has 1 saturated heterocycles. The third-order valence-corrected chi connectivity index (χ3v) is 5.99. The van der Waals surface area contributed by atoms with E-state index in [0.29, 0.717) is 20.5 Å². The smallest absolute Gasteiger partial charge is 0.340 e. The summed E-state index contributed by atoms with van der Waals surface area (Å²) in [6.07, 6.45) is 1.52. The van der Waals surface area contributed by atoms with Crippen LogP contribution in [0.4, 0.5) is 5.69 Å². The van der Waals surface area contributed by atoms with E-state index >= 15 is 0 Å². The molecule has 0 unspecified atom stereocenters. The summed E-state index contributed by atoms with van der Waals surface area (Å²) in [7, 11) is 2.80. The number of carbonyl (C=O) groups excluding carboxylic acids is 1. The fourth-order valence-corrected chi connectivity index (χ4v) is 4.35. The highest BCUT2D eigenvalue weighted by atomic mass is 32.2. The van der Waals surface area contributed by atoms with Gasteiger partial charge in [-0.2, -0.15) is 0 Å². The maximum absolute atomic E-state index is 13.1. The van der Waals surface area contributed by atoms with Crippen molar-refractivity contribution in [3.63, 3.8) is 0 Å². The van der Waals surface area contributed by atoms with Crippen molar-refractivity contribution in [2.45, 2.75) is 13.8 Å². The zero-order valence-corrected chi connectivity index (χ0v) is 17.9. The van der Waals surface area contributed by atoms with Crippen LogP contribution in [0.25, 0.3) is 6.08 Å². The van der Waals surface area contributed by atoms with E-state index in [9.17, 15) is 14.7 Å². The molecule has 2 aromatic rings. The first-order chi connectivity index (χ1) is 13.8. The molecule has 1 amide bonds. The van der Waals surface area contributed by atoms with E-state index < -0.39 is 5.97 Å². The average molecular weight is 430 g/mol. The second kappa shape index (κ2) is 8.26. The van der Waals surface area contributed by atoms with Crippen LogP contribution < -0.4 is 14.4 Å². The molecule has 2 aromatic carbocycles. The molecule has 6 nitrogen and oxygen atoms in total. The van der Waals surface area contributed by atoms with Crippen LogP contribution in [0.15, 0.2) is 35.2 Å². The molecule has 1 fully saturated rings. The molecule has 0 radical (unpaired) electrons. The summed E-state index contributed by atoms with van der Waals surface area (Å²) in [6.45, 7) is 3.90. The minimum Gasteiger partial charge on any atom is -0.493 e. The number of carboxylic acid groups (broad SMARTS) is 1. The Bertz CT molecular complexity index is 1060. The molecular formula is C21H19NO5S2. The highest BCUT2D eigenvalue weighted by molar-refractivity contribution is 8.27. The van der Waals surface area contributed by atoms with Crippen LogP contribution in [0, 0.1) is 13.8 Å². The molecule has 150 valence electrons. The first-order valence-electron chi connectivity index (χ1n) is 8.62. The van der Waals surface area contributed by atoms with Crippen LogP contribution >= 0.6 is 24.0 Å². The molecule has 29 heavy (non-hydrogen) atoms. The standard InChI is InChI=1S/C21H19NO5S2/c1-11-6-5-7-14(12(11)2)22-19(23)16(29-21(22)28)10-13-8-9-15(26-3)18(27-4)17(13)20(24)25/h5-10H,1-4H3,(H,24,25)/b16-10+. The van der Waals surface area contributed by atoms with Crippen LogP contribution in [0.2, 0.25) is 0 Å². The summed E-state index contributed by atoms with van der Waals surface area (Å²) in [5, 5.41) is 9.69. The molecule has 1 aliphatic heterocycles. The molecule has 3 rings (SSSR count). The monoisotopic (exact) mass is 429 g/mol. The van der Waals surface area contributed by atoms with Gasteiger partial charge in [-0.05, 0) is 48.7 Å². The van der Waals surface area contributed by atoms with Crippen molar-refractivity contribution in [3.05, 3.63) is 57.5 Å². The van der Waals surface area contributed by atoms with Crippen molar-refractivity contribution in [3.8, 4) is 11.5 Å². The van der Waals surface area contributed by atoms with E-state index in [-0.39, 0.29) is 17.2 Å². The van der Waals surface area contributed by atoms with Crippen LogP contribution in [0.1, 0.15) is 27.0 Å². The average Bonchev–Trinajstić information content (AvgIpc) is 2.96. The summed E-state index contributed by atoms with van der Waals surface area (Å²) >= 11 is 6.57. The number of rotatable bonds is 5. The lowest BCUT2D eigenvalue weighted by Crippen LogP contribution is -2.28. The predicted octanol–water partition coefficient (Wildman–Crippen LogP) is 4.42. The fraction of sp³-hybridized carbons (Fsp3) is 0.190. The second-order valence-corrected chi connectivity index (χ2v) is 7.98. The number of carboxylic acids is 1. The Morgan fingerprint density at radius 3 is 2.52 bits per heavy atom. The van der Waals surface area contributed by atoms with Gasteiger partial charge in [-0.25, -0.2) is 4.79 Å². The van der Waals surface area contributed by atoms with Gasteiger partial charge in [-0.3, -0.25) is 9.69 Å². The maximum atomic E-state index is 13.1. The summed E-state index contributed by atoms with van der Waals surface area (Å²) in [4.78, 5) is 26.8. The van der Waals surface area contributed by atoms with E-state index in [0.717, 1.165) is 28.6 Å². The number of aryl methyl sites for hydroxylation is 1. The largest absolute Gasteiger partial charge is 0.493 e. The minimum atomic E-state index is -1.18. The zero-order valence-electron chi connectivity index (χ0n) is 16.3. The van der Waals surface area contributed by atoms with Crippen LogP contribution in [0.3, 0.4) is 0 Å². The molecule has 1 aliphatic rings. The number of hydrogen-bond donors (Lipinski definition) is 1. The summed E-state index contributed by atoms with van der Waals surface area (Å²) in [5.41, 5.74) is 2.98. The SMILES string of the molecule is COc1ccc(/C=C2/SC(=S)N(c3cccc(C)c3C)C2=O)c(C(=O)O)c1OC. The van der Waals surface area contributed by atoms with Gasteiger partial charge >= 0.3 is 5.97 Å². The van der Waals surface area contributed by atoms with Crippen molar-refractivity contribution in [1.29, 1.82) is 0 Å². The Morgan fingerprint density at radius 2 is 1.90 bits per heavy atom. The van der Waals surface area contributed by atoms with Gasteiger partial charge in [0.2, 0.25) is 0 Å². The van der Waals surface area contributed by atoms with E-state index in [2.05, 4.69) is 0 Å². The Kier molecular flexibility index (Phi) is 5.95. The lowest BCUT2D eigenvalue weighted by Gasteiger charge is -2.18. The minimum absolute atomic E-state index is 0.0798. The lowest BCUT2D eigenvalue weighted by molar-refractivity contribution is -0.113. The molecule has 0 spiro atoms. The number of benzene rings is 2. The maximum Gasteiger partial charge on any atom is 0.340 e. The van der Waals surface area contributed by atoms with Gasteiger partial charge in [0.25, 0.3) is 5.91 Å². The highest BCUT2D eigenvalue weighted by Gasteiger charge is 2.34. The first kappa shape index (κ1) is 20.9. The Labute approximate surface area is 178 Å². The number of thiocarbonyl (C=S) groups is 1. The number of thioether (sulfide) groups is 1. The van der Waals surface area contributed by atoms with E-state index in [1.807, 2.05) is 32.0 Å². The number of hydrogen-bond acceptors (Lipinski definition) is 6. The number of ether oxygens (including phenoxy) is 2. The van der Waals surface area contributed by atoms with Gasteiger partial charge in [0.15, 0.2) is 15.8 Å². The van der Waals surface area contributed by atoms with Crippen LogP contribution in [-0.2, 0) is 4.79 Å². The molecule has 0 saturated carbocycles. The Balaban J connectivity index is 2.09. The van der Waals surface area contributed by atoms with E-state index in [1.54, 1.807) is 12.1 Å². The van der Waals surface area contributed by atoms with Gasteiger partial charge in [0.05, 0.1) is 24.8 Å². The first-order valence-corrected chi connectivity index (χ1v) is 9.85. The van der Waals surface area contributed by atoms with Crippen molar-refractivity contribution >= 4 is 51.9 Å². The number of carbonyl (C=O) groups is 2. The molecule has 0 bridgehead atoms. The number of methoxy groups -OCH3 is 2. The van der Waals surface area contributed by atoms with Crippen molar-refractivity contribution in [1.82, 2.24) is 0 Å². The van der Waals surface area contributed by atoms with Crippen LogP contribution in [0.5, 0.6) is 11.5 Å². The highest BCUT2D eigenvalue weighted by Crippen LogP contribution is 2.40. The summed E-state index contributed by atoms with van der Waals surface area (Å²) < 4.78 is 10.8. The topological polar surface area (TPSA) is 76.1 Å². The van der Waals surface area contributed by atoms with Gasteiger partial charge < -0.3 is 14.6 Å². The zero-order chi connectivity index (χ0) is 21.3. The van der Waals surface area contributed by atoms with E-state index in [1.165, 1.54) is 25.2 Å². The molecule has 1 N–H and O–H groups in total. The Morgan fingerprint density at radius 1 is 1.17 bits per heavy atom. The van der Waals surface area contributed by atoms with Crippen molar-refractivity contribution in [2.75, 3.05) is 19.1 Å². The van der Waals surface area contributed by atoms with Gasteiger partial charge in [-0.15, -0.1) is 0 Å². The molecule has 8 heteroatoms. The summed E-state index contributed by atoms with van der Waals surface area (Å²) in [5.74, 6) is -1.08. The summed E-state index contributed by atoms with van der Waals surface area (Å²) in [6, 6.07) is 8.86. The van der Waals surface area contributed by atoms with Gasteiger partial charge in [-0.1, -0.05) is 42.2 Å². The molecule has 1 heterocycles. The van der Waals surface area contributed by atoms with Gasteiger partial charge in [0.1, 0.15) is 5.56 Å². The molecular weight excluding hydrogens is 410 g/mol. The molecule has 0 aromatic heterocycles. The quantitative estimate of drug-likeness (QED) is 0.557. The Hall–Kier alpha value is -2.84. The van der Waals surface area contributed by atoms with Crippen molar-refractivity contribution in [2.24, 2.45) is 0 Å². The number of aromatic carboxylic acids is 1. The fourth-order valence-electron chi connectivity index (χ4n) is 3.08. The lowest BCUT2D eigenvalue weighted by atomic mass is 10.0. The molecule has 0 aliphatic carbocycles. The number of anilines is 1. The normalized spacial score (nSPS) is 15.2. The van der Waals surface area contributed by atoms with Crippen LogP contribution in [-0.4, -0.2) is 35.5 Å². The third-order valence-electron chi connectivity index (χ3n) is 4.69. The van der Waals surface area contributed by atoms with E-state index in [4.69, 9.17) is 21.7 Å². The predicted molar refractivity (Wildman–Crippen MR) is 118 cm³/mol. The third kappa shape index (κ3) is 3.73. The number of amides is 1.